The highest BCUT2D eigenvalue weighted by atomic mass is 35.5. The van der Waals surface area contributed by atoms with Crippen LogP contribution in [0.5, 0.6) is 5.75 Å². The Balaban J connectivity index is 2.23. The van der Waals surface area contributed by atoms with Crippen LogP contribution in [0.15, 0.2) is 24.3 Å². The van der Waals surface area contributed by atoms with Crippen molar-refractivity contribution in [2.24, 2.45) is 0 Å². The van der Waals surface area contributed by atoms with Crippen LogP contribution in [0.4, 0.5) is 16.2 Å². The van der Waals surface area contributed by atoms with Crippen LogP contribution in [-0.2, 0) is 0 Å². The van der Waals surface area contributed by atoms with Crippen molar-refractivity contribution in [2.45, 2.75) is 20.8 Å². The highest BCUT2D eigenvalue weighted by Gasteiger charge is 2.15. The second kappa shape index (κ2) is 6.46. The molecule has 0 fully saturated rings. The zero-order chi connectivity index (χ0) is 16.4. The van der Waals surface area contributed by atoms with Gasteiger partial charge in [-0.1, -0.05) is 41.4 Å². The molecule has 0 saturated carbocycles. The second-order valence-corrected chi connectivity index (χ2v) is 5.82. The number of carbonyl (C=O) groups is 1. The van der Waals surface area contributed by atoms with E-state index in [9.17, 15) is 9.90 Å². The van der Waals surface area contributed by atoms with E-state index in [-0.39, 0.29) is 16.5 Å². The van der Waals surface area contributed by atoms with Gasteiger partial charge in [-0.05, 0) is 43.5 Å². The van der Waals surface area contributed by atoms with Gasteiger partial charge >= 0.3 is 6.03 Å². The van der Waals surface area contributed by atoms with E-state index in [0.29, 0.717) is 10.6 Å². The Hall–Kier alpha value is -1.91. The molecule has 0 bridgehead atoms. The molecule has 2 amide bonds. The number of urea groups is 1. The standard InChI is InChI=1S/C16H16Cl2N2O2/c1-8-5-4-6-9(2)14(8)20-16(22)19-12-7-11(17)10(3)13(18)15(12)21/h4-7,21H,1-3H3,(H2,19,20,22). The second-order valence-electron chi connectivity index (χ2n) is 5.04. The molecule has 6 heteroatoms. The first-order valence-electron chi connectivity index (χ1n) is 6.63. The van der Waals surface area contributed by atoms with Crippen LogP contribution >= 0.6 is 23.2 Å². The number of benzene rings is 2. The molecule has 0 atom stereocenters. The zero-order valence-corrected chi connectivity index (χ0v) is 13.9. The smallest absolute Gasteiger partial charge is 0.323 e. The number of phenols is 1. The predicted molar refractivity (Wildman–Crippen MR) is 91.4 cm³/mol. The first-order chi connectivity index (χ1) is 10.3. The van der Waals surface area contributed by atoms with Crippen molar-refractivity contribution >= 4 is 40.6 Å². The van der Waals surface area contributed by atoms with Crippen molar-refractivity contribution in [3.63, 3.8) is 0 Å². The van der Waals surface area contributed by atoms with Crippen LogP contribution in [0, 0.1) is 20.8 Å². The number of hydrogen-bond acceptors (Lipinski definition) is 2. The summed E-state index contributed by atoms with van der Waals surface area (Å²) in [7, 11) is 0. The first-order valence-corrected chi connectivity index (χ1v) is 7.38. The number of anilines is 2. The lowest BCUT2D eigenvalue weighted by Gasteiger charge is -2.14. The number of aromatic hydroxyl groups is 1. The van der Waals surface area contributed by atoms with Gasteiger partial charge in [0.1, 0.15) is 0 Å². The maximum absolute atomic E-state index is 12.1. The Kier molecular flexibility index (Phi) is 4.84. The molecule has 0 radical (unpaired) electrons. The summed E-state index contributed by atoms with van der Waals surface area (Å²) in [6, 6.07) is 6.70. The maximum atomic E-state index is 12.1. The lowest BCUT2D eigenvalue weighted by Crippen LogP contribution is -2.20. The van der Waals surface area contributed by atoms with Crippen molar-refractivity contribution < 1.29 is 9.90 Å². The zero-order valence-electron chi connectivity index (χ0n) is 12.4. The number of phenolic OH excluding ortho intramolecular Hbond substituents is 1. The number of nitrogens with one attached hydrogen (secondary N) is 2. The van der Waals surface area contributed by atoms with E-state index < -0.39 is 6.03 Å². The first kappa shape index (κ1) is 16.5. The Morgan fingerprint density at radius 2 is 1.68 bits per heavy atom. The summed E-state index contributed by atoms with van der Waals surface area (Å²) in [5, 5.41) is 15.8. The monoisotopic (exact) mass is 338 g/mol. The highest BCUT2D eigenvalue weighted by molar-refractivity contribution is 6.37. The van der Waals surface area contributed by atoms with Gasteiger partial charge in [0.15, 0.2) is 5.75 Å². The van der Waals surface area contributed by atoms with Crippen molar-refractivity contribution in [3.8, 4) is 5.75 Å². The number of aryl methyl sites for hydroxylation is 2. The van der Waals surface area contributed by atoms with Crippen molar-refractivity contribution in [3.05, 3.63) is 51.0 Å². The topological polar surface area (TPSA) is 61.4 Å². The van der Waals surface area contributed by atoms with Crippen molar-refractivity contribution in [2.75, 3.05) is 10.6 Å². The summed E-state index contributed by atoms with van der Waals surface area (Å²) in [5.74, 6) is -0.208. The van der Waals surface area contributed by atoms with Crippen molar-refractivity contribution in [1.29, 1.82) is 0 Å². The minimum Gasteiger partial charge on any atom is -0.504 e. The Morgan fingerprint density at radius 3 is 2.27 bits per heavy atom. The molecule has 2 aromatic carbocycles. The maximum Gasteiger partial charge on any atom is 0.323 e. The Labute approximate surface area is 139 Å². The summed E-state index contributed by atoms with van der Waals surface area (Å²) in [4.78, 5) is 12.1. The predicted octanol–water partition coefficient (Wildman–Crippen LogP) is 5.27. The molecule has 0 aliphatic heterocycles. The van der Waals surface area contributed by atoms with Gasteiger partial charge in [-0.2, -0.15) is 0 Å². The van der Waals surface area contributed by atoms with Crippen molar-refractivity contribution in [1.82, 2.24) is 0 Å². The van der Waals surface area contributed by atoms with E-state index >= 15 is 0 Å². The summed E-state index contributed by atoms with van der Waals surface area (Å²) in [6.07, 6.45) is 0. The van der Waals surface area contributed by atoms with Crippen LogP contribution in [0.3, 0.4) is 0 Å². The summed E-state index contributed by atoms with van der Waals surface area (Å²) >= 11 is 12.0. The highest BCUT2D eigenvalue weighted by Crippen LogP contribution is 2.38. The number of hydrogen-bond donors (Lipinski definition) is 3. The number of carbonyl (C=O) groups excluding carboxylic acids is 1. The molecule has 2 rings (SSSR count). The van der Waals surface area contributed by atoms with Gasteiger partial charge in [-0.15, -0.1) is 0 Å². The number of para-hydroxylation sites is 1. The molecular formula is C16H16Cl2N2O2. The van der Waals surface area contributed by atoms with Gasteiger partial charge in [-0.25, -0.2) is 4.79 Å². The Morgan fingerprint density at radius 1 is 1.09 bits per heavy atom. The van der Waals surface area contributed by atoms with E-state index in [0.717, 1.165) is 16.8 Å². The van der Waals surface area contributed by atoms with Gasteiger partial charge < -0.3 is 15.7 Å². The number of rotatable bonds is 2. The third kappa shape index (κ3) is 3.29. The molecule has 0 heterocycles. The van der Waals surface area contributed by atoms with E-state index in [1.165, 1.54) is 6.07 Å². The summed E-state index contributed by atoms with van der Waals surface area (Å²) < 4.78 is 0. The van der Waals surface area contributed by atoms with Gasteiger partial charge in [0.05, 0.1) is 10.7 Å². The average Bonchev–Trinajstić information content (AvgIpc) is 2.46. The van der Waals surface area contributed by atoms with E-state index in [2.05, 4.69) is 10.6 Å². The summed E-state index contributed by atoms with van der Waals surface area (Å²) in [5.41, 5.74) is 3.33. The van der Waals surface area contributed by atoms with Gasteiger partial charge in [0, 0.05) is 10.7 Å². The fourth-order valence-electron chi connectivity index (χ4n) is 2.08. The molecule has 2 aromatic rings. The van der Waals surface area contributed by atoms with E-state index in [1.807, 2.05) is 32.0 Å². The molecule has 0 aromatic heterocycles. The fourth-order valence-corrected chi connectivity index (χ4v) is 2.53. The molecule has 0 saturated heterocycles. The molecule has 3 N–H and O–H groups in total. The van der Waals surface area contributed by atoms with Crippen LogP contribution in [0.1, 0.15) is 16.7 Å². The van der Waals surface area contributed by atoms with E-state index in [4.69, 9.17) is 23.2 Å². The number of halogens is 2. The van der Waals surface area contributed by atoms with Crippen LogP contribution in [0.2, 0.25) is 10.0 Å². The largest absolute Gasteiger partial charge is 0.504 e. The lowest BCUT2D eigenvalue weighted by atomic mass is 10.1. The Bertz CT molecular complexity index is 725. The van der Waals surface area contributed by atoms with Gasteiger partial charge in [0.2, 0.25) is 0 Å². The third-order valence-corrected chi connectivity index (χ3v) is 4.24. The minimum absolute atomic E-state index is 0.120. The molecule has 0 aliphatic carbocycles. The minimum atomic E-state index is -0.483. The average molecular weight is 339 g/mol. The third-order valence-electron chi connectivity index (χ3n) is 3.39. The van der Waals surface area contributed by atoms with Gasteiger partial charge in [-0.3, -0.25) is 0 Å². The van der Waals surface area contributed by atoms with Crippen LogP contribution in [0.25, 0.3) is 0 Å². The molecule has 4 nitrogen and oxygen atoms in total. The quantitative estimate of drug-likeness (QED) is 0.653. The fraction of sp³-hybridized carbons (Fsp3) is 0.188. The molecule has 116 valence electrons. The molecular weight excluding hydrogens is 323 g/mol. The number of amides is 2. The van der Waals surface area contributed by atoms with E-state index in [1.54, 1.807) is 6.92 Å². The summed E-state index contributed by atoms with van der Waals surface area (Å²) in [6.45, 7) is 5.49. The molecule has 0 unspecified atom stereocenters. The normalized spacial score (nSPS) is 10.4. The SMILES string of the molecule is Cc1cccc(C)c1NC(=O)Nc1cc(Cl)c(C)c(Cl)c1O. The molecule has 0 aliphatic rings. The van der Waals surface area contributed by atoms with Gasteiger partial charge in [0.25, 0.3) is 0 Å². The molecule has 22 heavy (non-hydrogen) atoms. The lowest BCUT2D eigenvalue weighted by molar-refractivity contribution is 0.262. The molecule has 0 spiro atoms. The van der Waals surface area contributed by atoms with Crippen LogP contribution < -0.4 is 10.6 Å². The van der Waals surface area contributed by atoms with Crippen LogP contribution in [-0.4, -0.2) is 11.1 Å².